The van der Waals surface area contributed by atoms with Crippen LogP contribution in [0.1, 0.15) is 22.9 Å². The highest BCUT2D eigenvalue weighted by molar-refractivity contribution is 7.71. The van der Waals surface area contributed by atoms with Crippen molar-refractivity contribution in [1.29, 1.82) is 0 Å². The lowest BCUT2D eigenvalue weighted by molar-refractivity contribution is 0.758. The van der Waals surface area contributed by atoms with Crippen LogP contribution in [0.3, 0.4) is 0 Å². The van der Waals surface area contributed by atoms with E-state index in [4.69, 9.17) is 12.2 Å². The summed E-state index contributed by atoms with van der Waals surface area (Å²) in [5, 5.41) is 5.89. The van der Waals surface area contributed by atoms with Crippen LogP contribution in [0.4, 0.5) is 0 Å². The Bertz CT molecular complexity index is 676. The molecule has 0 aliphatic rings. The van der Waals surface area contributed by atoms with Crippen molar-refractivity contribution in [2.45, 2.75) is 12.3 Å². The minimum atomic E-state index is 0.270. The van der Waals surface area contributed by atoms with Gasteiger partial charge in [-0.3, -0.25) is 10.2 Å². The second kappa shape index (κ2) is 5.84. The monoisotopic (exact) mass is 281 g/mol. The average Bonchev–Trinajstić information content (AvgIpc) is 2.92. The summed E-state index contributed by atoms with van der Waals surface area (Å²) in [5.74, 6) is 1.15. The zero-order chi connectivity index (χ0) is 13.8. The summed E-state index contributed by atoms with van der Waals surface area (Å²) < 4.78 is 0.500. The maximum atomic E-state index is 5.02. The Morgan fingerprint density at radius 1 is 0.850 bits per heavy atom. The number of aromatic nitrogens is 3. The minimum absolute atomic E-state index is 0.270. The van der Waals surface area contributed by atoms with Gasteiger partial charge in [-0.1, -0.05) is 60.7 Å². The molecule has 0 fully saturated rings. The van der Waals surface area contributed by atoms with E-state index in [-0.39, 0.29) is 5.92 Å². The molecule has 2 aromatic carbocycles. The molecule has 0 bridgehead atoms. The van der Waals surface area contributed by atoms with Gasteiger partial charge in [0.25, 0.3) is 0 Å². The predicted octanol–water partition coefficient (Wildman–Crippen LogP) is 3.84. The molecule has 0 atom stereocenters. The molecular weight excluding hydrogens is 266 g/mol. The van der Waals surface area contributed by atoms with Crippen LogP contribution in [0.15, 0.2) is 60.7 Å². The van der Waals surface area contributed by atoms with Gasteiger partial charge < -0.3 is 0 Å². The topological polar surface area (TPSA) is 44.5 Å². The van der Waals surface area contributed by atoms with Gasteiger partial charge in [-0.05, 0) is 23.3 Å². The Kier molecular flexibility index (Phi) is 3.74. The Labute approximate surface area is 122 Å². The maximum Gasteiger partial charge on any atom is 0.213 e. The first-order valence-corrected chi connectivity index (χ1v) is 6.97. The number of benzene rings is 2. The molecule has 0 aliphatic heterocycles. The van der Waals surface area contributed by atoms with E-state index in [0.29, 0.717) is 4.77 Å². The Morgan fingerprint density at radius 2 is 1.40 bits per heavy atom. The number of rotatable bonds is 4. The van der Waals surface area contributed by atoms with Crippen LogP contribution in [-0.4, -0.2) is 15.2 Å². The van der Waals surface area contributed by atoms with E-state index in [9.17, 15) is 0 Å². The molecule has 1 aromatic heterocycles. The quantitative estimate of drug-likeness (QED) is 0.714. The highest BCUT2D eigenvalue weighted by Crippen LogP contribution is 2.27. The van der Waals surface area contributed by atoms with Gasteiger partial charge in [0, 0.05) is 12.3 Å². The molecule has 3 rings (SSSR count). The summed E-state index contributed by atoms with van der Waals surface area (Å²) in [4.78, 5) is 4.31. The Hall–Kier alpha value is -2.20. The Balaban J connectivity index is 1.98. The summed E-state index contributed by atoms with van der Waals surface area (Å²) in [5.41, 5.74) is 2.56. The number of nitrogens with one attached hydrogen (secondary N) is 2. The van der Waals surface area contributed by atoms with Crippen molar-refractivity contribution in [3.05, 3.63) is 82.4 Å². The van der Waals surface area contributed by atoms with E-state index in [0.717, 1.165) is 12.2 Å². The van der Waals surface area contributed by atoms with Crippen LogP contribution in [0, 0.1) is 4.77 Å². The molecule has 3 aromatic rings. The molecule has 4 heteroatoms. The first kappa shape index (κ1) is 12.8. The molecular formula is C16H15N3S. The van der Waals surface area contributed by atoms with E-state index in [1.165, 1.54) is 11.1 Å². The molecule has 100 valence electrons. The molecule has 0 radical (unpaired) electrons. The summed E-state index contributed by atoms with van der Waals surface area (Å²) in [6.07, 6.45) is 0.793. The van der Waals surface area contributed by atoms with Crippen LogP contribution in [0.5, 0.6) is 0 Å². The normalized spacial score (nSPS) is 10.8. The molecule has 1 heterocycles. The third kappa shape index (κ3) is 2.86. The van der Waals surface area contributed by atoms with Crippen molar-refractivity contribution in [1.82, 2.24) is 15.2 Å². The lowest BCUT2D eigenvalue weighted by atomic mass is 9.88. The van der Waals surface area contributed by atoms with E-state index >= 15 is 0 Å². The summed E-state index contributed by atoms with van der Waals surface area (Å²) in [7, 11) is 0. The number of nitrogens with zero attached hydrogens (tertiary/aromatic N) is 1. The molecule has 3 nitrogen and oxygen atoms in total. The van der Waals surface area contributed by atoms with E-state index in [1.807, 2.05) is 12.1 Å². The number of H-pyrrole nitrogens is 2. The molecule has 0 amide bonds. The van der Waals surface area contributed by atoms with Crippen molar-refractivity contribution in [3.8, 4) is 0 Å². The van der Waals surface area contributed by atoms with Crippen LogP contribution in [0.2, 0.25) is 0 Å². The highest BCUT2D eigenvalue weighted by Gasteiger charge is 2.15. The minimum Gasteiger partial charge on any atom is -0.286 e. The summed E-state index contributed by atoms with van der Waals surface area (Å²) in [6, 6.07) is 20.9. The van der Waals surface area contributed by atoms with Crippen LogP contribution in [-0.2, 0) is 6.42 Å². The molecule has 0 aliphatic carbocycles. The standard InChI is InChI=1S/C16H15N3S/c20-16-17-15(18-19-16)11-14(12-7-3-1-4-8-12)13-9-5-2-6-10-13/h1-10,14H,11H2,(H2,17,18,19,20). The Morgan fingerprint density at radius 3 is 1.85 bits per heavy atom. The van der Waals surface area contributed by atoms with Gasteiger partial charge in [0.15, 0.2) is 0 Å². The van der Waals surface area contributed by atoms with Crippen LogP contribution >= 0.6 is 12.2 Å². The second-order valence-corrected chi connectivity index (χ2v) is 5.08. The zero-order valence-corrected chi connectivity index (χ0v) is 11.7. The van der Waals surface area contributed by atoms with Crippen LogP contribution in [0.25, 0.3) is 0 Å². The highest BCUT2D eigenvalue weighted by atomic mass is 32.1. The van der Waals surface area contributed by atoms with Gasteiger partial charge in [-0.2, -0.15) is 0 Å². The second-order valence-electron chi connectivity index (χ2n) is 4.69. The third-order valence-corrected chi connectivity index (χ3v) is 3.54. The lowest BCUT2D eigenvalue weighted by Crippen LogP contribution is -2.06. The smallest absolute Gasteiger partial charge is 0.213 e. The number of hydrogen-bond donors (Lipinski definition) is 2. The SMILES string of the molecule is S=c1nc(CC(c2ccccc2)c2ccccc2)[nH][nH]1. The van der Waals surface area contributed by atoms with Gasteiger partial charge in [-0.15, -0.1) is 0 Å². The molecule has 2 N–H and O–H groups in total. The summed E-state index contributed by atoms with van der Waals surface area (Å²) >= 11 is 5.02. The van der Waals surface area contributed by atoms with Gasteiger partial charge in [-0.25, -0.2) is 4.98 Å². The van der Waals surface area contributed by atoms with Gasteiger partial charge in [0.05, 0.1) is 0 Å². The van der Waals surface area contributed by atoms with Crippen molar-refractivity contribution in [3.63, 3.8) is 0 Å². The third-order valence-electron chi connectivity index (χ3n) is 3.35. The lowest BCUT2D eigenvalue weighted by Gasteiger charge is -2.16. The van der Waals surface area contributed by atoms with Crippen molar-refractivity contribution >= 4 is 12.2 Å². The number of hydrogen-bond acceptors (Lipinski definition) is 2. The van der Waals surface area contributed by atoms with Crippen molar-refractivity contribution in [2.75, 3.05) is 0 Å². The summed E-state index contributed by atoms with van der Waals surface area (Å²) in [6.45, 7) is 0. The zero-order valence-electron chi connectivity index (χ0n) is 10.9. The first-order chi connectivity index (χ1) is 9.83. The fraction of sp³-hybridized carbons (Fsp3) is 0.125. The average molecular weight is 281 g/mol. The fourth-order valence-electron chi connectivity index (χ4n) is 2.39. The molecule has 0 saturated carbocycles. The maximum absolute atomic E-state index is 5.02. The van der Waals surface area contributed by atoms with E-state index < -0.39 is 0 Å². The van der Waals surface area contributed by atoms with Crippen molar-refractivity contribution in [2.24, 2.45) is 0 Å². The van der Waals surface area contributed by atoms with Gasteiger partial charge in [0.1, 0.15) is 5.82 Å². The first-order valence-electron chi connectivity index (χ1n) is 6.56. The van der Waals surface area contributed by atoms with E-state index in [2.05, 4.69) is 63.7 Å². The molecule has 0 spiro atoms. The predicted molar refractivity (Wildman–Crippen MR) is 82.2 cm³/mol. The fourth-order valence-corrected chi connectivity index (χ4v) is 2.55. The largest absolute Gasteiger partial charge is 0.286 e. The molecule has 20 heavy (non-hydrogen) atoms. The molecule has 0 saturated heterocycles. The molecule has 0 unspecified atom stereocenters. The van der Waals surface area contributed by atoms with E-state index in [1.54, 1.807) is 0 Å². The van der Waals surface area contributed by atoms with Crippen molar-refractivity contribution < 1.29 is 0 Å². The number of aromatic amines is 2. The van der Waals surface area contributed by atoms with Gasteiger partial charge >= 0.3 is 0 Å². The van der Waals surface area contributed by atoms with Gasteiger partial charge in [0.2, 0.25) is 4.77 Å². The van der Waals surface area contributed by atoms with Crippen LogP contribution < -0.4 is 0 Å².